The van der Waals surface area contributed by atoms with Crippen LogP contribution < -0.4 is 5.73 Å². The highest BCUT2D eigenvalue weighted by Gasteiger charge is 2.16. The van der Waals surface area contributed by atoms with Crippen LogP contribution in [0.1, 0.15) is 0 Å². The Morgan fingerprint density at radius 1 is 1.22 bits per heavy atom. The highest BCUT2D eigenvalue weighted by molar-refractivity contribution is 6.35. The van der Waals surface area contributed by atoms with E-state index < -0.39 is 0 Å². The number of rotatable bonds is 2. The molecule has 0 bridgehead atoms. The smallest absolute Gasteiger partial charge is 0.142 e. The molecule has 3 heterocycles. The molecule has 0 saturated heterocycles. The summed E-state index contributed by atoms with van der Waals surface area (Å²) in [7, 11) is 1.84. The highest BCUT2D eigenvalue weighted by Crippen LogP contribution is 2.33. The number of nitrogens with two attached hydrogens (primary N) is 1. The normalized spacial score (nSPS) is 11.2. The molecule has 0 saturated carbocycles. The number of nitrogen functional groups attached to an aromatic ring is 1. The molecule has 1 aromatic carbocycles. The van der Waals surface area contributed by atoms with Crippen molar-refractivity contribution in [3.63, 3.8) is 0 Å². The van der Waals surface area contributed by atoms with Crippen LogP contribution in [-0.2, 0) is 7.05 Å². The number of anilines is 1. The van der Waals surface area contributed by atoms with Gasteiger partial charge in [-0.05, 0) is 18.2 Å². The van der Waals surface area contributed by atoms with E-state index >= 15 is 0 Å². The summed E-state index contributed by atoms with van der Waals surface area (Å²) < 4.78 is 1.70. The summed E-state index contributed by atoms with van der Waals surface area (Å²) >= 11 is 6.32. The number of hydrogen-bond donors (Lipinski definition) is 2. The lowest BCUT2D eigenvalue weighted by Crippen LogP contribution is -1.99. The van der Waals surface area contributed by atoms with Gasteiger partial charge < -0.3 is 5.73 Å². The first-order chi connectivity index (χ1) is 11.1. The molecule has 0 fully saturated rings. The van der Waals surface area contributed by atoms with Gasteiger partial charge in [0.2, 0.25) is 0 Å². The molecule has 0 atom stereocenters. The largest absolute Gasteiger partial charge is 0.382 e. The Labute approximate surface area is 136 Å². The Hall–Kier alpha value is -2.93. The van der Waals surface area contributed by atoms with Crippen LogP contribution in [0.2, 0.25) is 5.02 Å². The molecule has 0 aliphatic heterocycles. The molecule has 114 valence electrons. The van der Waals surface area contributed by atoms with Gasteiger partial charge in [-0.3, -0.25) is 14.8 Å². The number of aromatic nitrogens is 6. The van der Waals surface area contributed by atoms with Gasteiger partial charge in [0.05, 0.1) is 28.6 Å². The number of benzene rings is 1. The maximum Gasteiger partial charge on any atom is 0.142 e. The number of fused-ring (bicyclic) bond motifs is 1. The first kappa shape index (κ1) is 13.7. The zero-order chi connectivity index (χ0) is 16.0. The van der Waals surface area contributed by atoms with Gasteiger partial charge in [-0.2, -0.15) is 10.2 Å². The number of nitrogens with one attached hydrogen (secondary N) is 1. The Balaban J connectivity index is 1.97. The van der Waals surface area contributed by atoms with Crippen molar-refractivity contribution in [2.24, 2.45) is 7.05 Å². The van der Waals surface area contributed by atoms with Gasteiger partial charge in [-0.15, -0.1) is 0 Å². The Kier molecular flexibility index (Phi) is 3.02. The maximum absolute atomic E-state index is 6.32. The molecule has 3 N–H and O–H groups in total. The van der Waals surface area contributed by atoms with Crippen molar-refractivity contribution in [1.82, 2.24) is 29.9 Å². The molecule has 23 heavy (non-hydrogen) atoms. The first-order valence-electron chi connectivity index (χ1n) is 6.87. The topological polar surface area (TPSA) is 98.3 Å². The number of halogens is 1. The Morgan fingerprint density at radius 2 is 2.09 bits per heavy atom. The third-order valence-electron chi connectivity index (χ3n) is 3.52. The van der Waals surface area contributed by atoms with E-state index in [9.17, 15) is 0 Å². The lowest BCUT2D eigenvalue weighted by Gasteiger charge is -2.08. The van der Waals surface area contributed by atoms with Crippen molar-refractivity contribution in [2.75, 3.05) is 5.73 Å². The van der Waals surface area contributed by atoms with Gasteiger partial charge in [0.25, 0.3) is 0 Å². The van der Waals surface area contributed by atoms with Crippen LogP contribution in [0.3, 0.4) is 0 Å². The lowest BCUT2D eigenvalue weighted by atomic mass is 10.1. The summed E-state index contributed by atoms with van der Waals surface area (Å²) in [5.41, 5.74) is 9.41. The fraction of sp³-hybridized carbons (Fsp3) is 0.0667. The lowest BCUT2D eigenvalue weighted by molar-refractivity contribution is 0.770. The Morgan fingerprint density at radius 3 is 2.87 bits per heavy atom. The van der Waals surface area contributed by atoms with E-state index in [-0.39, 0.29) is 0 Å². The van der Waals surface area contributed by atoms with Crippen LogP contribution in [0.15, 0.2) is 36.8 Å². The second-order valence-electron chi connectivity index (χ2n) is 5.16. The molecule has 4 aromatic rings. The molecular formula is C15H12ClN7. The molecule has 0 aliphatic rings. The fourth-order valence-corrected chi connectivity index (χ4v) is 2.75. The van der Waals surface area contributed by atoms with Gasteiger partial charge in [0.15, 0.2) is 0 Å². The van der Waals surface area contributed by atoms with Crippen LogP contribution >= 0.6 is 11.6 Å². The Bertz CT molecular complexity index is 1020. The molecule has 8 heteroatoms. The van der Waals surface area contributed by atoms with E-state index in [4.69, 9.17) is 17.3 Å². The monoisotopic (exact) mass is 325 g/mol. The zero-order valence-corrected chi connectivity index (χ0v) is 12.9. The summed E-state index contributed by atoms with van der Waals surface area (Å²) in [6.45, 7) is 0. The third kappa shape index (κ3) is 2.31. The van der Waals surface area contributed by atoms with Crippen LogP contribution in [-0.4, -0.2) is 29.9 Å². The minimum Gasteiger partial charge on any atom is -0.382 e. The minimum atomic E-state index is 0.338. The van der Waals surface area contributed by atoms with Crippen molar-refractivity contribution in [3.05, 3.63) is 41.8 Å². The van der Waals surface area contributed by atoms with E-state index in [1.54, 1.807) is 10.9 Å². The standard InChI is InChI=1S/C15H12ClN7/c1-23-3-2-11(22-23)15-14(18-7-12(17)20-15)8-4-9-6-19-21-13(9)10(16)5-8/h2-7H,1H3,(H2,17,20)(H,19,21). The van der Waals surface area contributed by atoms with Crippen molar-refractivity contribution in [2.45, 2.75) is 0 Å². The summed E-state index contributed by atoms with van der Waals surface area (Å²) in [6, 6.07) is 5.65. The second kappa shape index (κ2) is 5.06. The molecular weight excluding hydrogens is 314 g/mol. The fourth-order valence-electron chi connectivity index (χ4n) is 2.48. The van der Waals surface area contributed by atoms with Crippen LogP contribution in [0.25, 0.3) is 33.5 Å². The van der Waals surface area contributed by atoms with E-state index in [1.165, 1.54) is 6.20 Å². The molecule has 0 aliphatic carbocycles. The summed E-state index contributed by atoms with van der Waals surface area (Å²) in [6.07, 6.45) is 5.08. The van der Waals surface area contributed by atoms with Crippen molar-refractivity contribution in [3.8, 4) is 22.6 Å². The van der Waals surface area contributed by atoms with Crippen LogP contribution in [0.4, 0.5) is 5.82 Å². The average Bonchev–Trinajstić information content (AvgIpc) is 3.16. The molecule has 0 amide bonds. The zero-order valence-electron chi connectivity index (χ0n) is 12.2. The summed E-state index contributed by atoms with van der Waals surface area (Å²) in [4.78, 5) is 8.84. The summed E-state index contributed by atoms with van der Waals surface area (Å²) in [5.74, 6) is 0.338. The van der Waals surface area contributed by atoms with Gasteiger partial charge >= 0.3 is 0 Å². The van der Waals surface area contributed by atoms with E-state index in [0.717, 1.165) is 16.5 Å². The van der Waals surface area contributed by atoms with Gasteiger partial charge in [-0.1, -0.05) is 11.6 Å². The summed E-state index contributed by atoms with van der Waals surface area (Å²) in [5, 5.41) is 12.7. The van der Waals surface area contributed by atoms with Crippen molar-refractivity contribution >= 4 is 28.3 Å². The number of hydrogen-bond acceptors (Lipinski definition) is 5. The van der Waals surface area contributed by atoms with E-state index in [0.29, 0.717) is 27.9 Å². The van der Waals surface area contributed by atoms with Gasteiger partial charge in [0.1, 0.15) is 17.2 Å². The first-order valence-corrected chi connectivity index (χ1v) is 7.25. The molecule has 0 spiro atoms. The number of nitrogens with zero attached hydrogens (tertiary/aromatic N) is 5. The molecule has 0 radical (unpaired) electrons. The molecule has 7 nitrogen and oxygen atoms in total. The van der Waals surface area contributed by atoms with E-state index in [2.05, 4.69) is 25.3 Å². The van der Waals surface area contributed by atoms with Gasteiger partial charge in [-0.25, -0.2) is 4.98 Å². The average molecular weight is 326 g/mol. The molecule has 3 aromatic heterocycles. The van der Waals surface area contributed by atoms with Crippen LogP contribution in [0, 0.1) is 0 Å². The maximum atomic E-state index is 6.32. The second-order valence-corrected chi connectivity index (χ2v) is 5.57. The van der Waals surface area contributed by atoms with Crippen molar-refractivity contribution in [1.29, 1.82) is 0 Å². The van der Waals surface area contributed by atoms with Gasteiger partial charge in [0, 0.05) is 24.2 Å². The molecule has 4 rings (SSSR count). The molecule has 0 unspecified atom stereocenters. The van der Waals surface area contributed by atoms with E-state index in [1.807, 2.05) is 31.4 Å². The number of aryl methyl sites for hydroxylation is 1. The quantitative estimate of drug-likeness (QED) is 0.590. The number of H-pyrrole nitrogens is 1. The van der Waals surface area contributed by atoms with Crippen LogP contribution in [0.5, 0.6) is 0 Å². The highest BCUT2D eigenvalue weighted by atomic mass is 35.5. The van der Waals surface area contributed by atoms with Crippen molar-refractivity contribution < 1.29 is 0 Å². The third-order valence-corrected chi connectivity index (χ3v) is 3.82. The minimum absolute atomic E-state index is 0.338. The number of aromatic amines is 1. The predicted molar refractivity (Wildman–Crippen MR) is 88.7 cm³/mol. The predicted octanol–water partition coefficient (Wildman–Crippen LogP) is 2.66. The SMILES string of the molecule is Cn1ccc(-c2nc(N)cnc2-c2cc(Cl)c3[nH]ncc3c2)n1.